The number of nitrogens with one attached hydrogen (secondary N) is 1. The van der Waals surface area contributed by atoms with Gasteiger partial charge in [-0.25, -0.2) is 0 Å². The predicted octanol–water partition coefficient (Wildman–Crippen LogP) is 4.17. The molecule has 152 valence electrons. The fourth-order valence-corrected chi connectivity index (χ4v) is 3.80. The van der Waals surface area contributed by atoms with Crippen molar-refractivity contribution < 1.29 is 4.79 Å². The summed E-state index contributed by atoms with van der Waals surface area (Å²) < 4.78 is 1.94. The fourth-order valence-electron chi connectivity index (χ4n) is 3.80. The lowest BCUT2D eigenvalue weighted by atomic mass is 9.99. The van der Waals surface area contributed by atoms with Crippen LogP contribution in [0.15, 0.2) is 66.9 Å². The Morgan fingerprint density at radius 1 is 1.14 bits per heavy atom. The minimum atomic E-state index is -0.0506. The van der Waals surface area contributed by atoms with Crippen LogP contribution in [0.4, 0.5) is 0 Å². The van der Waals surface area contributed by atoms with Crippen molar-refractivity contribution in [2.45, 2.75) is 25.4 Å². The van der Waals surface area contributed by atoms with Crippen LogP contribution in [-0.2, 0) is 6.54 Å². The van der Waals surface area contributed by atoms with Gasteiger partial charge in [-0.2, -0.15) is 5.10 Å². The molecule has 2 heterocycles. The summed E-state index contributed by atoms with van der Waals surface area (Å²) >= 11 is 0. The maximum Gasteiger partial charge on any atom is 0.274 e. The third kappa shape index (κ3) is 4.86. The molecule has 1 atom stereocenters. The van der Waals surface area contributed by atoms with Crippen LogP contribution in [0.1, 0.15) is 34.9 Å². The fraction of sp³-hybridized carbons (Fsp3) is 0.304. The second kappa shape index (κ2) is 9.72. The number of benzene rings is 2. The Morgan fingerprint density at radius 3 is 2.66 bits per heavy atom. The summed E-state index contributed by atoms with van der Waals surface area (Å²) in [4.78, 5) is 14.7. The Labute approximate surface area is 178 Å². The van der Waals surface area contributed by atoms with E-state index in [1.54, 1.807) is 4.90 Å². The number of nitrogens with zero attached hydrogens (tertiary/aromatic N) is 3. The van der Waals surface area contributed by atoms with E-state index in [4.69, 9.17) is 0 Å². The van der Waals surface area contributed by atoms with Gasteiger partial charge in [0.25, 0.3) is 5.91 Å². The maximum absolute atomic E-state index is 12.9. The number of rotatable bonds is 5. The smallest absolute Gasteiger partial charge is 0.274 e. The number of halogens is 1. The highest BCUT2D eigenvalue weighted by Crippen LogP contribution is 2.24. The van der Waals surface area contributed by atoms with Crippen molar-refractivity contribution in [2.75, 3.05) is 20.1 Å². The van der Waals surface area contributed by atoms with Crippen molar-refractivity contribution >= 4 is 18.3 Å². The summed E-state index contributed by atoms with van der Waals surface area (Å²) in [5.74, 6) is -0.0506. The van der Waals surface area contributed by atoms with Crippen LogP contribution in [0.5, 0.6) is 0 Å². The monoisotopic (exact) mass is 410 g/mol. The van der Waals surface area contributed by atoms with Crippen LogP contribution < -0.4 is 5.32 Å². The standard InChI is InChI=1S/C23H26N4O.ClH/c1-26(17-19-10-5-6-12-21(19)18-8-3-2-4-9-18)23(28)22-13-15-27(25-22)20-11-7-14-24-16-20;/h2-6,8-10,12-13,15,20,24H,7,11,14,16-17H2,1H3;1H. The number of carbonyl (C=O) groups excluding carboxylic acids is 1. The third-order valence-electron chi connectivity index (χ3n) is 5.33. The molecule has 1 aliphatic rings. The molecule has 0 saturated carbocycles. The van der Waals surface area contributed by atoms with Gasteiger partial charge in [-0.15, -0.1) is 12.4 Å². The molecule has 1 N–H and O–H groups in total. The number of amides is 1. The summed E-state index contributed by atoms with van der Waals surface area (Å²) in [6.07, 6.45) is 4.17. The molecule has 1 aromatic heterocycles. The molecule has 0 bridgehead atoms. The van der Waals surface area contributed by atoms with Gasteiger partial charge in [-0.1, -0.05) is 54.6 Å². The van der Waals surface area contributed by atoms with E-state index in [0.717, 1.165) is 42.6 Å². The van der Waals surface area contributed by atoms with E-state index in [0.29, 0.717) is 18.3 Å². The van der Waals surface area contributed by atoms with E-state index in [1.807, 2.05) is 54.3 Å². The van der Waals surface area contributed by atoms with E-state index < -0.39 is 0 Å². The van der Waals surface area contributed by atoms with Crippen LogP contribution in [0, 0.1) is 0 Å². The summed E-state index contributed by atoms with van der Waals surface area (Å²) in [6, 6.07) is 20.7. The molecule has 2 aromatic carbocycles. The topological polar surface area (TPSA) is 50.2 Å². The van der Waals surface area contributed by atoms with E-state index >= 15 is 0 Å². The van der Waals surface area contributed by atoms with Crippen molar-refractivity contribution in [1.29, 1.82) is 0 Å². The van der Waals surface area contributed by atoms with Gasteiger partial charge in [0.05, 0.1) is 6.04 Å². The van der Waals surface area contributed by atoms with E-state index in [2.05, 4.69) is 34.7 Å². The molecule has 1 unspecified atom stereocenters. The lowest BCUT2D eigenvalue weighted by Gasteiger charge is -2.23. The van der Waals surface area contributed by atoms with Gasteiger partial charge in [0, 0.05) is 26.3 Å². The first-order valence-electron chi connectivity index (χ1n) is 9.87. The second-order valence-electron chi connectivity index (χ2n) is 7.37. The van der Waals surface area contributed by atoms with Crippen molar-refractivity contribution in [3.8, 4) is 11.1 Å². The summed E-state index contributed by atoms with van der Waals surface area (Å²) in [5, 5.41) is 7.96. The summed E-state index contributed by atoms with van der Waals surface area (Å²) in [5.41, 5.74) is 3.94. The zero-order chi connectivity index (χ0) is 19.3. The Balaban J connectivity index is 0.00000240. The van der Waals surface area contributed by atoms with Crippen molar-refractivity contribution in [3.05, 3.63) is 78.1 Å². The summed E-state index contributed by atoms with van der Waals surface area (Å²) in [7, 11) is 1.84. The number of carbonyl (C=O) groups is 1. The van der Waals surface area contributed by atoms with Crippen molar-refractivity contribution in [1.82, 2.24) is 20.0 Å². The number of aromatic nitrogens is 2. The average molecular weight is 411 g/mol. The van der Waals surface area contributed by atoms with Gasteiger partial charge >= 0.3 is 0 Å². The molecule has 29 heavy (non-hydrogen) atoms. The first-order chi connectivity index (χ1) is 13.7. The highest BCUT2D eigenvalue weighted by atomic mass is 35.5. The van der Waals surface area contributed by atoms with Gasteiger partial charge in [0.1, 0.15) is 5.69 Å². The first kappa shape index (κ1) is 21.1. The Hall–Kier alpha value is -2.63. The average Bonchev–Trinajstić information content (AvgIpc) is 3.25. The molecule has 0 spiro atoms. The Bertz CT molecular complexity index is 935. The van der Waals surface area contributed by atoms with Crippen molar-refractivity contribution in [3.63, 3.8) is 0 Å². The Morgan fingerprint density at radius 2 is 1.90 bits per heavy atom. The van der Waals surface area contributed by atoms with Crippen LogP contribution >= 0.6 is 12.4 Å². The molecular weight excluding hydrogens is 384 g/mol. The minimum Gasteiger partial charge on any atom is -0.336 e. The lowest BCUT2D eigenvalue weighted by Crippen LogP contribution is -2.32. The maximum atomic E-state index is 12.9. The Kier molecular flexibility index (Phi) is 7.07. The molecule has 4 rings (SSSR count). The minimum absolute atomic E-state index is 0. The predicted molar refractivity (Wildman–Crippen MR) is 118 cm³/mol. The normalized spacial score (nSPS) is 16.1. The van der Waals surface area contributed by atoms with Crippen LogP contribution in [0.2, 0.25) is 0 Å². The van der Waals surface area contributed by atoms with Gasteiger partial charge in [0.15, 0.2) is 0 Å². The van der Waals surface area contributed by atoms with Gasteiger partial charge < -0.3 is 10.2 Å². The highest BCUT2D eigenvalue weighted by molar-refractivity contribution is 5.92. The quantitative estimate of drug-likeness (QED) is 0.686. The molecule has 3 aromatic rings. The zero-order valence-corrected chi connectivity index (χ0v) is 17.4. The van der Waals surface area contributed by atoms with Crippen LogP contribution in [0.25, 0.3) is 11.1 Å². The first-order valence-corrected chi connectivity index (χ1v) is 9.87. The number of piperidine rings is 1. The van der Waals surface area contributed by atoms with Crippen molar-refractivity contribution in [2.24, 2.45) is 0 Å². The molecule has 1 amide bonds. The van der Waals surface area contributed by atoms with E-state index in [9.17, 15) is 4.79 Å². The lowest BCUT2D eigenvalue weighted by molar-refractivity contribution is 0.0778. The van der Waals surface area contributed by atoms with Gasteiger partial charge in [-0.05, 0) is 42.1 Å². The SMILES string of the molecule is CN(Cc1ccccc1-c1ccccc1)C(=O)c1ccn(C2CCCNC2)n1.Cl. The highest BCUT2D eigenvalue weighted by Gasteiger charge is 2.20. The van der Waals surface area contributed by atoms with E-state index in [1.165, 1.54) is 0 Å². The molecule has 6 heteroatoms. The second-order valence-corrected chi connectivity index (χ2v) is 7.37. The third-order valence-corrected chi connectivity index (χ3v) is 5.33. The molecular formula is C23H27ClN4O. The van der Waals surface area contributed by atoms with Crippen LogP contribution in [-0.4, -0.2) is 40.7 Å². The van der Waals surface area contributed by atoms with E-state index in [-0.39, 0.29) is 18.3 Å². The van der Waals surface area contributed by atoms with Gasteiger partial charge in [0.2, 0.25) is 0 Å². The molecule has 0 aliphatic carbocycles. The molecule has 5 nitrogen and oxygen atoms in total. The molecule has 1 aliphatic heterocycles. The molecule has 1 fully saturated rings. The number of hydrogen-bond acceptors (Lipinski definition) is 3. The zero-order valence-electron chi connectivity index (χ0n) is 16.6. The largest absolute Gasteiger partial charge is 0.336 e. The molecule has 0 radical (unpaired) electrons. The summed E-state index contributed by atoms with van der Waals surface area (Å²) in [6.45, 7) is 2.52. The molecule has 1 saturated heterocycles. The number of hydrogen-bond donors (Lipinski definition) is 1. The van der Waals surface area contributed by atoms with Crippen LogP contribution in [0.3, 0.4) is 0 Å². The van der Waals surface area contributed by atoms with Gasteiger partial charge in [-0.3, -0.25) is 9.48 Å².